The molecule has 1 unspecified atom stereocenters. The first-order valence-electron chi connectivity index (χ1n) is 11.4. The molecule has 5 aromatic rings. The fourth-order valence-corrected chi connectivity index (χ4v) is 5.45. The monoisotopic (exact) mass is 468 g/mol. The summed E-state index contributed by atoms with van der Waals surface area (Å²) in [6.07, 6.45) is 0. The van der Waals surface area contributed by atoms with Gasteiger partial charge in [0.25, 0.3) is 5.91 Å². The van der Waals surface area contributed by atoms with Crippen molar-refractivity contribution in [1.29, 1.82) is 0 Å². The van der Waals surface area contributed by atoms with E-state index < -0.39 is 0 Å². The third kappa shape index (κ3) is 3.33. The van der Waals surface area contributed by atoms with Gasteiger partial charge in [-0.05, 0) is 49.1 Å². The molecule has 1 aliphatic heterocycles. The second kappa shape index (κ2) is 8.22. The van der Waals surface area contributed by atoms with Crippen LogP contribution in [0.5, 0.6) is 0 Å². The van der Waals surface area contributed by atoms with Crippen molar-refractivity contribution >= 4 is 39.7 Å². The number of rotatable bonds is 3. The molecule has 0 saturated carbocycles. The number of hydrogen-bond acceptors (Lipinski definition) is 6. The molecule has 4 heterocycles. The molecule has 3 aromatic heterocycles. The minimum Gasteiger partial charge on any atom is -0.338 e. The molecule has 8 heteroatoms. The maximum absolute atomic E-state index is 13.3. The Hall–Kier alpha value is -3.78. The van der Waals surface area contributed by atoms with Gasteiger partial charge in [-0.2, -0.15) is 0 Å². The summed E-state index contributed by atoms with van der Waals surface area (Å²) in [5.41, 5.74) is 3.47. The van der Waals surface area contributed by atoms with E-state index in [1.807, 2.05) is 71.8 Å². The molecule has 1 amide bonds. The first-order valence-corrected chi connectivity index (χ1v) is 12.3. The zero-order valence-corrected chi connectivity index (χ0v) is 19.9. The van der Waals surface area contributed by atoms with Crippen molar-refractivity contribution < 1.29 is 4.79 Å². The van der Waals surface area contributed by atoms with Gasteiger partial charge in [0.15, 0.2) is 11.5 Å². The number of nitrogens with zero attached hydrogens (tertiary/aromatic N) is 6. The van der Waals surface area contributed by atoms with Crippen molar-refractivity contribution in [1.82, 2.24) is 24.5 Å². The quantitative estimate of drug-likeness (QED) is 0.385. The van der Waals surface area contributed by atoms with Gasteiger partial charge in [0.05, 0.1) is 10.4 Å². The summed E-state index contributed by atoms with van der Waals surface area (Å²) in [6.45, 7) is 6.08. The van der Waals surface area contributed by atoms with Crippen LogP contribution in [0.1, 0.15) is 22.8 Å². The molecule has 170 valence electrons. The molecule has 7 nitrogen and oxygen atoms in total. The largest absolute Gasteiger partial charge is 0.338 e. The number of benzene rings is 2. The number of aromatic nitrogens is 4. The average Bonchev–Trinajstić information content (AvgIpc) is 3.54. The van der Waals surface area contributed by atoms with Crippen LogP contribution in [0, 0.1) is 6.92 Å². The fraction of sp³-hybridized carbons (Fsp3) is 0.231. The highest BCUT2D eigenvalue weighted by Crippen LogP contribution is 2.31. The summed E-state index contributed by atoms with van der Waals surface area (Å²) in [6, 6.07) is 20.0. The topological polar surface area (TPSA) is 66.6 Å². The highest BCUT2D eigenvalue weighted by atomic mass is 32.1. The Kier molecular flexibility index (Phi) is 5.03. The molecule has 0 bridgehead atoms. The van der Waals surface area contributed by atoms with E-state index in [-0.39, 0.29) is 11.9 Å². The summed E-state index contributed by atoms with van der Waals surface area (Å²) in [5, 5.41) is 12.1. The van der Waals surface area contributed by atoms with Gasteiger partial charge in [-0.3, -0.25) is 4.79 Å². The van der Waals surface area contributed by atoms with Gasteiger partial charge < -0.3 is 9.80 Å². The first-order chi connectivity index (χ1) is 16.6. The van der Waals surface area contributed by atoms with Gasteiger partial charge in [-0.1, -0.05) is 36.4 Å². The molecule has 1 aliphatic rings. The van der Waals surface area contributed by atoms with Gasteiger partial charge in [0.2, 0.25) is 5.95 Å². The van der Waals surface area contributed by atoms with Gasteiger partial charge in [0.1, 0.15) is 0 Å². The van der Waals surface area contributed by atoms with Crippen LogP contribution in [-0.2, 0) is 0 Å². The number of anilines is 1. The number of carbonyl (C=O) groups is 1. The summed E-state index contributed by atoms with van der Waals surface area (Å²) < 4.78 is 2.07. The highest BCUT2D eigenvalue weighted by Gasteiger charge is 2.31. The van der Waals surface area contributed by atoms with Crippen LogP contribution in [0.2, 0.25) is 0 Å². The molecule has 0 radical (unpaired) electrons. The number of thiophene rings is 1. The van der Waals surface area contributed by atoms with E-state index in [0.717, 1.165) is 44.3 Å². The minimum atomic E-state index is 0.0332. The normalized spacial score (nSPS) is 16.5. The first kappa shape index (κ1) is 20.8. The van der Waals surface area contributed by atoms with Gasteiger partial charge in [-0.25, -0.2) is 9.38 Å². The van der Waals surface area contributed by atoms with Crippen LogP contribution in [0.3, 0.4) is 0 Å². The van der Waals surface area contributed by atoms with Crippen molar-refractivity contribution in [3.05, 3.63) is 77.2 Å². The molecule has 34 heavy (non-hydrogen) atoms. The third-order valence-corrected chi connectivity index (χ3v) is 7.38. The van der Waals surface area contributed by atoms with E-state index in [2.05, 4.69) is 32.5 Å². The van der Waals surface area contributed by atoms with Crippen molar-refractivity contribution in [2.24, 2.45) is 0 Å². The van der Waals surface area contributed by atoms with Crippen LogP contribution >= 0.6 is 11.3 Å². The molecule has 6 rings (SSSR count). The predicted molar refractivity (Wildman–Crippen MR) is 135 cm³/mol. The summed E-state index contributed by atoms with van der Waals surface area (Å²) in [4.78, 5) is 23.6. The van der Waals surface area contributed by atoms with E-state index in [0.29, 0.717) is 19.6 Å². The highest BCUT2D eigenvalue weighted by molar-refractivity contribution is 7.13. The predicted octanol–water partition coefficient (Wildman–Crippen LogP) is 4.67. The van der Waals surface area contributed by atoms with Crippen LogP contribution in [0.15, 0.2) is 66.0 Å². The number of amides is 1. The minimum absolute atomic E-state index is 0.0332. The van der Waals surface area contributed by atoms with Crippen LogP contribution in [0.25, 0.3) is 27.3 Å². The summed E-state index contributed by atoms with van der Waals surface area (Å²) >= 11 is 1.64. The average molecular weight is 469 g/mol. The van der Waals surface area contributed by atoms with Crippen molar-refractivity contribution in [2.75, 3.05) is 24.5 Å². The number of fused-ring (bicyclic) bond motifs is 3. The zero-order valence-electron chi connectivity index (χ0n) is 19.0. The summed E-state index contributed by atoms with van der Waals surface area (Å²) in [5.74, 6) is 1.70. The molecule has 1 saturated heterocycles. The Labute approximate surface area is 201 Å². The van der Waals surface area contributed by atoms with Gasteiger partial charge >= 0.3 is 0 Å². The van der Waals surface area contributed by atoms with E-state index in [1.165, 1.54) is 0 Å². The van der Waals surface area contributed by atoms with Gasteiger partial charge in [-0.15, -0.1) is 21.5 Å². The molecule has 1 fully saturated rings. The smallest absolute Gasteiger partial charge is 0.254 e. The Morgan fingerprint density at radius 3 is 2.62 bits per heavy atom. The third-order valence-electron chi connectivity index (χ3n) is 6.52. The zero-order chi connectivity index (χ0) is 23.2. The van der Waals surface area contributed by atoms with E-state index >= 15 is 0 Å². The van der Waals surface area contributed by atoms with Crippen LogP contribution < -0.4 is 4.90 Å². The lowest BCUT2D eigenvalue weighted by Gasteiger charge is -2.40. The van der Waals surface area contributed by atoms with Crippen molar-refractivity contribution in [3.63, 3.8) is 0 Å². The van der Waals surface area contributed by atoms with E-state index in [4.69, 9.17) is 4.98 Å². The summed E-state index contributed by atoms with van der Waals surface area (Å²) in [7, 11) is 0. The molecule has 1 atom stereocenters. The van der Waals surface area contributed by atoms with Crippen LogP contribution in [0.4, 0.5) is 5.95 Å². The van der Waals surface area contributed by atoms with Gasteiger partial charge in [0, 0.05) is 36.6 Å². The van der Waals surface area contributed by atoms with E-state index in [9.17, 15) is 4.79 Å². The Balaban J connectivity index is 1.40. The number of piperazine rings is 1. The molecular weight excluding hydrogens is 444 g/mol. The fourth-order valence-electron chi connectivity index (χ4n) is 4.75. The Morgan fingerprint density at radius 1 is 1.00 bits per heavy atom. The second-order valence-electron chi connectivity index (χ2n) is 8.70. The molecule has 0 aliphatic carbocycles. The number of aryl methyl sites for hydroxylation is 1. The maximum Gasteiger partial charge on any atom is 0.254 e. The molecule has 0 spiro atoms. The van der Waals surface area contributed by atoms with Crippen LogP contribution in [-0.4, -0.2) is 56.1 Å². The van der Waals surface area contributed by atoms with Crippen molar-refractivity contribution in [2.45, 2.75) is 19.9 Å². The number of hydrogen-bond donors (Lipinski definition) is 0. The molecule has 0 N–H and O–H groups in total. The molecular formula is C26H24N6OS. The van der Waals surface area contributed by atoms with E-state index in [1.54, 1.807) is 11.3 Å². The number of carbonyl (C=O) groups excluding carboxylic acids is 1. The van der Waals surface area contributed by atoms with Crippen molar-refractivity contribution in [3.8, 4) is 10.7 Å². The maximum atomic E-state index is 13.3. The number of para-hydroxylation sites is 1. The Morgan fingerprint density at radius 2 is 1.82 bits per heavy atom. The molecule has 2 aromatic carbocycles. The lowest BCUT2D eigenvalue weighted by atomic mass is 10.1. The lowest BCUT2D eigenvalue weighted by Crippen LogP contribution is -2.54. The Bertz CT molecular complexity index is 1510. The second-order valence-corrected chi connectivity index (χ2v) is 9.65. The SMILES string of the molecule is Cc1ccccc1C(=O)N1CCN(c2nc3ccccc3c3nnc(-c4cccs4)n23)CC1C. The lowest BCUT2D eigenvalue weighted by molar-refractivity contribution is 0.0672. The standard InChI is InChI=1S/C26H24N6OS/c1-17-8-3-4-9-19(17)25(33)31-14-13-30(16-18(31)2)26-27-21-11-6-5-10-20(21)23-28-29-24(32(23)26)22-12-7-15-34-22/h3-12,15,18H,13-14,16H2,1-2H3.